The minimum atomic E-state index is -0.221. The fourth-order valence-electron chi connectivity index (χ4n) is 2.96. The smallest absolute Gasteiger partial charge is 0.258 e. The highest BCUT2D eigenvalue weighted by atomic mass is 16.5. The number of aromatic nitrogens is 2. The van der Waals surface area contributed by atoms with E-state index in [9.17, 15) is 4.79 Å². The van der Waals surface area contributed by atoms with Crippen LogP contribution >= 0.6 is 0 Å². The summed E-state index contributed by atoms with van der Waals surface area (Å²) in [5.74, 6) is 2.19. The topological polar surface area (TPSA) is 95.7 Å². The van der Waals surface area contributed by atoms with Crippen LogP contribution in [0.4, 0.5) is 0 Å². The third-order valence-electron chi connectivity index (χ3n) is 4.60. The second kappa shape index (κ2) is 11.7. The van der Waals surface area contributed by atoms with Gasteiger partial charge in [-0.1, -0.05) is 19.9 Å². The maximum Gasteiger partial charge on any atom is 0.258 e. The number of rotatable bonds is 12. The van der Waals surface area contributed by atoms with Crippen LogP contribution in [0.1, 0.15) is 45.2 Å². The summed E-state index contributed by atoms with van der Waals surface area (Å²) in [7, 11) is 0. The van der Waals surface area contributed by atoms with Gasteiger partial charge in [0.2, 0.25) is 12.3 Å². The number of carbonyl (C=O) groups excluding carboxylic acids is 1. The number of nitrogens with zero attached hydrogens (tertiary/aromatic N) is 2. The van der Waals surface area contributed by atoms with E-state index in [1.165, 1.54) is 6.39 Å². The molecule has 0 saturated heterocycles. The van der Waals surface area contributed by atoms with E-state index < -0.39 is 0 Å². The van der Waals surface area contributed by atoms with E-state index in [0.717, 1.165) is 29.7 Å². The summed E-state index contributed by atoms with van der Waals surface area (Å²) in [6, 6.07) is 12.6. The second-order valence-electron chi connectivity index (χ2n) is 7.25. The number of carbonyl (C=O) groups is 1. The Bertz CT molecular complexity index is 974. The molecular weight excluding hydrogens is 410 g/mol. The summed E-state index contributed by atoms with van der Waals surface area (Å²) in [5.41, 5.74) is 1.71. The molecule has 3 rings (SSSR count). The normalized spacial score (nSPS) is 11.6. The van der Waals surface area contributed by atoms with Gasteiger partial charge in [0.05, 0.1) is 19.3 Å². The van der Waals surface area contributed by atoms with Gasteiger partial charge in [-0.25, -0.2) is 0 Å². The lowest BCUT2D eigenvalue weighted by Crippen LogP contribution is -2.31. The molecule has 0 fully saturated rings. The number of amides is 1. The molecule has 0 aliphatic rings. The maximum absolute atomic E-state index is 12.4. The van der Waals surface area contributed by atoms with Crippen LogP contribution in [-0.4, -0.2) is 35.9 Å². The van der Waals surface area contributed by atoms with Gasteiger partial charge in [0, 0.05) is 5.56 Å². The van der Waals surface area contributed by atoms with Crippen LogP contribution in [0.5, 0.6) is 17.2 Å². The monoisotopic (exact) mass is 439 g/mol. The number of benzene rings is 2. The molecule has 8 heteroatoms. The molecule has 0 spiro atoms. The van der Waals surface area contributed by atoms with Crippen molar-refractivity contribution >= 4 is 5.91 Å². The summed E-state index contributed by atoms with van der Waals surface area (Å²) >= 11 is 0. The Hall–Kier alpha value is -3.55. The van der Waals surface area contributed by atoms with Crippen LogP contribution in [0.2, 0.25) is 0 Å². The first-order valence-electron chi connectivity index (χ1n) is 10.8. The average molecular weight is 440 g/mol. The van der Waals surface area contributed by atoms with Crippen molar-refractivity contribution in [2.24, 2.45) is 0 Å². The van der Waals surface area contributed by atoms with E-state index in [0.29, 0.717) is 30.6 Å². The lowest BCUT2D eigenvalue weighted by Gasteiger charge is -2.18. The molecule has 1 N–H and O–H groups in total. The zero-order valence-corrected chi connectivity index (χ0v) is 18.7. The highest BCUT2D eigenvalue weighted by Crippen LogP contribution is 2.31. The molecule has 32 heavy (non-hydrogen) atoms. The summed E-state index contributed by atoms with van der Waals surface area (Å²) < 4.78 is 22.4. The number of nitrogens with one attached hydrogen (secondary N) is 1. The summed E-state index contributed by atoms with van der Waals surface area (Å²) in [4.78, 5) is 12.4. The van der Waals surface area contributed by atoms with Crippen molar-refractivity contribution in [3.05, 3.63) is 54.4 Å². The van der Waals surface area contributed by atoms with E-state index in [4.69, 9.17) is 18.6 Å². The second-order valence-corrected chi connectivity index (χ2v) is 7.25. The Morgan fingerprint density at radius 3 is 2.38 bits per heavy atom. The molecule has 0 radical (unpaired) electrons. The lowest BCUT2D eigenvalue weighted by molar-refractivity contribution is -0.123. The minimum Gasteiger partial charge on any atom is -0.490 e. The van der Waals surface area contributed by atoms with Crippen LogP contribution in [-0.2, 0) is 4.79 Å². The Balaban J connectivity index is 1.55. The van der Waals surface area contributed by atoms with Crippen LogP contribution < -0.4 is 19.5 Å². The molecule has 1 heterocycles. The fourth-order valence-corrected chi connectivity index (χ4v) is 2.96. The van der Waals surface area contributed by atoms with Crippen molar-refractivity contribution in [1.82, 2.24) is 15.5 Å². The van der Waals surface area contributed by atoms with Crippen molar-refractivity contribution in [3.63, 3.8) is 0 Å². The Morgan fingerprint density at radius 2 is 1.72 bits per heavy atom. The lowest BCUT2D eigenvalue weighted by atomic mass is 10.1. The van der Waals surface area contributed by atoms with E-state index in [-0.39, 0.29) is 18.6 Å². The molecule has 0 aliphatic carbocycles. The molecule has 0 aliphatic heterocycles. The molecule has 3 aromatic rings. The summed E-state index contributed by atoms with van der Waals surface area (Å²) in [5, 5.41) is 10.5. The van der Waals surface area contributed by atoms with Crippen LogP contribution in [0.15, 0.2) is 53.3 Å². The van der Waals surface area contributed by atoms with Crippen LogP contribution in [0.25, 0.3) is 11.5 Å². The molecule has 1 atom stereocenters. The van der Waals surface area contributed by atoms with Gasteiger partial charge in [-0.05, 0) is 61.7 Å². The average Bonchev–Trinajstić information content (AvgIpc) is 3.35. The third-order valence-corrected chi connectivity index (χ3v) is 4.60. The van der Waals surface area contributed by atoms with Crippen molar-refractivity contribution in [2.75, 3.05) is 19.8 Å². The van der Waals surface area contributed by atoms with Gasteiger partial charge in [-0.3, -0.25) is 4.79 Å². The van der Waals surface area contributed by atoms with Crippen molar-refractivity contribution in [1.29, 1.82) is 0 Å². The largest absolute Gasteiger partial charge is 0.490 e. The quantitative estimate of drug-likeness (QED) is 0.442. The van der Waals surface area contributed by atoms with E-state index in [2.05, 4.69) is 29.4 Å². The first-order valence-corrected chi connectivity index (χ1v) is 10.8. The van der Waals surface area contributed by atoms with E-state index in [1.807, 2.05) is 25.1 Å². The summed E-state index contributed by atoms with van der Waals surface area (Å²) in [6.07, 6.45) is 3.09. The van der Waals surface area contributed by atoms with Gasteiger partial charge >= 0.3 is 0 Å². The molecule has 0 saturated carbocycles. The van der Waals surface area contributed by atoms with Crippen LogP contribution in [0, 0.1) is 0 Å². The molecule has 2 aromatic carbocycles. The molecule has 0 unspecified atom stereocenters. The third kappa shape index (κ3) is 6.47. The highest BCUT2D eigenvalue weighted by Gasteiger charge is 2.14. The molecule has 1 amide bonds. The van der Waals surface area contributed by atoms with Gasteiger partial charge in [0.1, 0.15) is 5.75 Å². The van der Waals surface area contributed by atoms with E-state index >= 15 is 0 Å². The van der Waals surface area contributed by atoms with Crippen LogP contribution in [0.3, 0.4) is 0 Å². The molecule has 1 aromatic heterocycles. The summed E-state index contributed by atoms with van der Waals surface area (Å²) in [6.45, 7) is 7.16. The van der Waals surface area contributed by atoms with Gasteiger partial charge in [0.15, 0.2) is 18.1 Å². The standard InChI is InChI=1S/C24H29N3O5/c1-4-12-29-21-11-8-19(14-22(21)30-13-5-2)17(3)26-23(28)15-31-20-9-6-18(7-10-20)24-27-25-16-32-24/h6-11,14,16-17H,4-5,12-13,15H2,1-3H3,(H,26,28)/t17-/m0/s1. The number of hydrogen-bond donors (Lipinski definition) is 1. The van der Waals surface area contributed by atoms with Gasteiger partial charge in [-0.2, -0.15) is 0 Å². The van der Waals surface area contributed by atoms with Gasteiger partial charge < -0.3 is 23.9 Å². The number of ether oxygens (including phenoxy) is 3. The Kier molecular flexibility index (Phi) is 8.48. The zero-order valence-electron chi connectivity index (χ0n) is 18.7. The van der Waals surface area contributed by atoms with Gasteiger partial charge in [-0.15, -0.1) is 10.2 Å². The van der Waals surface area contributed by atoms with Crippen molar-refractivity contribution in [2.45, 2.75) is 39.7 Å². The predicted octanol–water partition coefficient (Wildman–Crippen LogP) is 4.57. The minimum absolute atomic E-state index is 0.0961. The SMILES string of the molecule is CCCOc1ccc([C@H](C)NC(=O)COc2ccc(-c3nnco3)cc2)cc1OCCC. The molecule has 0 bridgehead atoms. The fraction of sp³-hybridized carbons (Fsp3) is 0.375. The Labute approximate surface area is 187 Å². The Morgan fingerprint density at radius 1 is 1.00 bits per heavy atom. The van der Waals surface area contributed by atoms with E-state index in [1.54, 1.807) is 24.3 Å². The number of hydrogen-bond acceptors (Lipinski definition) is 7. The molecule has 8 nitrogen and oxygen atoms in total. The van der Waals surface area contributed by atoms with Crippen molar-refractivity contribution in [3.8, 4) is 28.7 Å². The van der Waals surface area contributed by atoms with Gasteiger partial charge in [0.25, 0.3) is 5.91 Å². The highest BCUT2D eigenvalue weighted by molar-refractivity contribution is 5.78. The predicted molar refractivity (Wildman–Crippen MR) is 120 cm³/mol. The molecule has 170 valence electrons. The first kappa shape index (κ1) is 23.1. The van der Waals surface area contributed by atoms with Crippen molar-refractivity contribution < 1.29 is 23.4 Å². The zero-order chi connectivity index (χ0) is 22.8. The maximum atomic E-state index is 12.4. The first-order chi connectivity index (χ1) is 15.6. The molecular formula is C24H29N3O5.